The highest BCUT2D eigenvalue weighted by atomic mass is 16.2. The fourth-order valence-electron chi connectivity index (χ4n) is 4.51. The highest BCUT2D eigenvalue weighted by Crippen LogP contribution is 2.22. The second kappa shape index (κ2) is 10.9. The molecule has 9 nitrogen and oxygen atoms in total. The van der Waals surface area contributed by atoms with Crippen molar-refractivity contribution < 1.29 is 19.2 Å². The number of amides is 5. The normalized spacial score (nSPS) is 20.4. The molecule has 2 aliphatic rings. The molecule has 0 bridgehead atoms. The maximum Gasteiger partial charge on any atom is 0.344 e. The lowest BCUT2D eigenvalue weighted by molar-refractivity contribution is -0.139. The van der Waals surface area contributed by atoms with Crippen molar-refractivity contribution in [2.45, 2.75) is 38.6 Å². The van der Waals surface area contributed by atoms with Crippen LogP contribution in [0.25, 0.3) is 0 Å². The molecule has 0 aliphatic carbocycles. The predicted octanol–water partition coefficient (Wildman–Crippen LogP) is 1.66. The minimum atomic E-state index is -1.08. The maximum absolute atomic E-state index is 12.9. The fraction of sp³-hybridized carbons (Fsp3) is 0.407. The zero-order chi connectivity index (χ0) is 25.7. The van der Waals surface area contributed by atoms with Crippen LogP contribution in [0.4, 0.5) is 4.79 Å². The molecule has 5 amide bonds. The number of nitrogens with zero attached hydrogens (tertiary/aromatic N) is 3. The zero-order valence-corrected chi connectivity index (χ0v) is 20.8. The Morgan fingerprint density at radius 2 is 1.61 bits per heavy atom. The van der Waals surface area contributed by atoms with Gasteiger partial charge in [0, 0.05) is 26.2 Å². The Kier molecular flexibility index (Phi) is 7.69. The van der Waals surface area contributed by atoms with Crippen molar-refractivity contribution in [2.75, 3.05) is 32.7 Å². The summed E-state index contributed by atoms with van der Waals surface area (Å²) in [6.07, 6.45) is 1.40. The monoisotopic (exact) mass is 491 g/mol. The van der Waals surface area contributed by atoms with Crippen LogP contribution in [0, 0.1) is 6.92 Å². The van der Waals surface area contributed by atoms with Crippen LogP contribution in [0.2, 0.25) is 0 Å². The molecule has 190 valence electrons. The van der Waals surface area contributed by atoms with Crippen LogP contribution in [0.5, 0.6) is 0 Å². The van der Waals surface area contributed by atoms with E-state index in [1.54, 1.807) is 6.92 Å². The second-order valence-electron chi connectivity index (χ2n) is 9.74. The first-order valence-corrected chi connectivity index (χ1v) is 12.3. The Morgan fingerprint density at radius 3 is 2.28 bits per heavy atom. The Balaban J connectivity index is 1.22. The number of aryl methyl sites for hydroxylation is 2. The molecule has 2 saturated heterocycles. The lowest BCUT2D eigenvalue weighted by Gasteiger charge is -2.34. The summed E-state index contributed by atoms with van der Waals surface area (Å²) in [5.41, 5.74) is 4.59. The minimum Gasteiger partial charge on any atom is -0.340 e. The van der Waals surface area contributed by atoms with E-state index in [0.717, 1.165) is 21.7 Å². The molecule has 2 fully saturated rings. The Bertz CT molecular complexity index is 1110. The number of carbonyl (C=O) groups is 4. The van der Waals surface area contributed by atoms with Gasteiger partial charge < -0.3 is 10.2 Å². The van der Waals surface area contributed by atoms with Crippen LogP contribution in [0.3, 0.4) is 0 Å². The highest BCUT2D eigenvalue weighted by Gasteiger charge is 2.48. The van der Waals surface area contributed by atoms with Gasteiger partial charge >= 0.3 is 6.03 Å². The summed E-state index contributed by atoms with van der Waals surface area (Å²) in [6, 6.07) is 17.0. The molecule has 2 N–H and O–H groups in total. The first kappa shape index (κ1) is 25.4. The van der Waals surface area contributed by atoms with Crippen molar-refractivity contribution in [1.82, 2.24) is 25.6 Å². The van der Waals surface area contributed by atoms with Gasteiger partial charge in [-0.05, 0) is 37.8 Å². The van der Waals surface area contributed by atoms with Crippen LogP contribution < -0.4 is 10.7 Å². The van der Waals surface area contributed by atoms with E-state index in [0.29, 0.717) is 45.4 Å². The molecule has 0 saturated carbocycles. The van der Waals surface area contributed by atoms with Gasteiger partial charge in [-0.2, -0.15) is 5.01 Å². The van der Waals surface area contributed by atoms with E-state index in [1.165, 1.54) is 0 Å². The summed E-state index contributed by atoms with van der Waals surface area (Å²) in [6.45, 7) is 5.87. The highest BCUT2D eigenvalue weighted by molar-refractivity contribution is 6.07. The van der Waals surface area contributed by atoms with Gasteiger partial charge in [-0.3, -0.25) is 24.7 Å². The Hall–Kier alpha value is -3.72. The van der Waals surface area contributed by atoms with E-state index in [9.17, 15) is 19.2 Å². The summed E-state index contributed by atoms with van der Waals surface area (Å²) in [4.78, 5) is 54.4. The summed E-state index contributed by atoms with van der Waals surface area (Å²) in [7, 11) is 0. The third-order valence-electron chi connectivity index (χ3n) is 6.82. The summed E-state index contributed by atoms with van der Waals surface area (Å²) in [5.74, 6) is -0.842. The van der Waals surface area contributed by atoms with Crippen molar-refractivity contribution >= 4 is 23.8 Å². The molecule has 2 aliphatic heterocycles. The fourth-order valence-corrected chi connectivity index (χ4v) is 4.51. The van der Waals surface area contributed by atoms with Gasteiger partial charge in [0.05, 0.1) is 13.0 Å². The van der Waals surface area contributed by atoms with Gasteiger partial charge in [-0.1, -0.05) is 60.2 Å². The molecule has 1 unspecified atom stereocenters. The number of urea groups is 1. The minimum absolute atomic E-state index is 0.0395. The standard InChI is InChI=1S/C27H33N5O4/c1-20-8-10-22(11-9-20)18-24(34)31-16-14-30(15-17-31)19-23(33)29-32-25(35)27(2,28-26(32)36)13-12-21-6-4-3-5-7-21/h3-11H,12-19H2,1-2H3,(H,28,36)(H,29,33). The number of imide groups is 1. The quantitative estimate of drug-likeness (QED) is 0.547. The molecule has 1 atom stereocenters. The van der Waals surface area contributed by atoms with Crippen LogP contribution in [0.15, 0.2) is 54.6 Å². The lowest BCUT2D eigenvalue weighted by atomic mass is 9.93. The van der Waals surface area contributed by atoms with Gasteiger partial charge in [0.2, 0.25) is 5.91 Å². The van der Waals surface area contributed by atoms with E-state index >= 15 is 0 Å². The van der Waals surface area contributed by atoms with Gasteiger partial charge in [0.15, 0.2) is 0 Å². The number of rotatable bonds is 8. The Labute approximate surface area is 211 Å². The average molecular weight is 492 g/mol. The molecule has 2 aromatic rings. The molecule has 2 aromatic carbocycles. The van der Waals surface area contributed by atoms with Crippen LogP contribution in [0.1, 0.15) is 30.0 Å². The van der Waals surface area contributed by atoms with E-state index < -0.39 is 23.4 Å². The molecule has 0 radical (unpaired) electrons. The number of hydrogen-bond donors (Lipinski definition) is 2. The Morgan fingerprint density at radius 1 is 0.944 bits per heavy atom. The SMILES string of the molecule is Cc1ccc(CC(=O)N2CCN(CC(=O)NN3C(=O)NC(C)(CCc4ccccc4)C3=O)CC2)cc1. The molecule has 36 heavy (non-hydrogen) atoms. The van der Waals surface area contributed by atoms with E-state index in [-0.39, 0.29) is 12.5 Å². The number of piperazine rings is 1. The molecule has 0 spiro atoms. The van der Waals surface area contributed by atoms with Gasteiger partial charge in [-0.25, -0.2) is 4.79 Å². The van der Waals surface area contributed by atoms with Crippen molar-refractivity contribution in [3.05, 3.63) is 71.3 Å². The van der Waals surface area contributed by atoms with Gasteiger partial charge in [0.25, 0.3) is 11.8 Å². The number of carbonyl (C=O) groups excluding carboxylic acids is 4. The third-order valence-corrected chi connectivity index (χ3v) is 6.82. The van der Waals surface area contributed by atoms with Crippen molar-refractivity contribution in [3.8, 4) is 0 Å². The first-order chi connectivity index (χ1) is 17.2. The lowest BCUT2D eigenvalue weighted by Crippen LogP contribution is -2.54. The van der Waals surface area contributed by atoms with Gasteiger partial charge in [0.1, 0.15) is 5.54 Å². The first-order valence-electron chi connectivity index (χ1n) is 12.3. The maximum atomic E-state index is 12.9. The summed E-state index contributed by atoms with van der Waals surface area (Å²) < 4.78 is 0. The van der Waals surface area contributed by atoms with Crippen LogP contribution in [-0.4, -0.2) is 76.8 Å². The van der Waals surface area contributed by atoms with Crippen molar-refractivity contribution in [3.63, 3.8) is 0 Å². The molecular formula is C27H33N5O4. The van der Waals surface area contributed by atoms with E-state index in [2.05, 4.69) is 10.7 Å². The zero-order valence-electron chi connectivity index (χ0n) is 20.8. The van der Waals surface area contributed by atoms with Crippen LogP contribution >= 0.6 is 0 Å². The summed E-state index contributed by atoms with van der Waals surface area (Å²) in [5, 5.41) is 3.50. The van der Waals surface area contributed by atoms with Crippen molar-refractivity contribution in [1.29, 1.82) is 0 Å². The molecular weight excluding hydrogens is 458 g/mol. The topological polar surface area (TPSA) is 102 Å². The molecule has 9 heteroatoms. The largest absolute Gasteiger partial charge is 0.344 e. The van der Waals surface area contributed by atoms with E-state index in [4.69, 9.17) is 0 Å². The summed E-state index contributed by atoms with van der Waals surface area (Å²) >= 11 is 0. The third kappa shape index (κ3) is 6.09. The van der Waals surface area contributed by atoms with Crippen molar-refractivity contribution in [2.24, 2.45) is 0 Å². The number of hydrazine groups is 1. The number of nitrogens with one attached hydrogen (secondary N) is 2. The van der Waals surface area contributed by atoms with E-state index in [1.807, 2.05) is 71.3 Å². The molecule has 4 rings (SSSR count). The average Bonchev–Trinajstić information content (AvgIpc) is 3.08. The predicted molar refractivity (Wildman–Crippen MR) is 135 cm³/mol. The second-order valence-corrected chi connectivity index (χ2v) is 9.74. The number of hydrogen-bond acceptors (Lipinski definition) is 5. The van der Waals surface area contributed by atoms with Crippen LogP contribution in [-0.2, 0) is 27.2 Å². The molecule has 2 heterocycles. The molecule has 0 aromatic heterocycles. The van der Waals surface area contributed by atoms with Gasteiger partial charge in [-0.15, -0.1) is 0 Å². The number of benzene rings is 2. The smallest absolute Gasteiger partial charge is 0.340 e.